The third-order valence-corrected chi connectivity index (χ3v) is 2.02. The zero-order chi connectivity index (χ0) is 8.55. The van der Waals surface area contributed by atoms with Crippen molar-refractivity contribution in [2.45, 2.75) is 26.4 Å². The van der Waals surface area contributed by atoms with E-state index in [4.69, 9.17) is 9.26 Å². The Morgan fingerprint density at radius 1 is 1.50 bits per heavy atom. The highest BCUT2D eigenvalue weighted by Gasteiger charge is 2.27. The maximum atomic E-state index is 5.47. The predicted octanol–water partition coefficient (Wildman–Crippen LogP) is 1.48. The maximum Gasteiger partial charge on any atom is 0.255 e. The molecule has 1 fully saturated rings. The van der Waals surface area contributed by atoms with Crippen molar-refractivity contribution in [1.82, 2.24) is 10.1 Å². The molecular weight excluding hydrogens is 156 g/mol. The van der Waals surface area contributed by atoms with Gasteiger partial charge in [-0.15, -0.1) is 0 Å². The molecule has 0 saturated carbocycles. The molecule has 4 nitrogen and oxygen atoms in total. The number of ether oxygens (including phenoxy) is 1. The Bertz CT molecular complexity index is 272. The van der Waals surface area contributed by atoms with E-state index in [9.17, 15) is 0 Å². The molecule has 1 aliphatic rings. The van der Waals surface area contributed by atoms with Crippen molar-refractivity contribution in [3.8, 4) is 0 Å². The number of aryl methyl sites for hydroxylation is 1. The maximum absolute atomic E-state index is 5.47. The molecule has 1 aromatic rings. The number of aromatic nitrogens is 2. The fraction of sp³-hybridized carbons (Fsp3) is 0.750. The standard InChI is InChI=1S/C8H12N2O2/c1-5-3-7(11-4-5)8-9-6(2)10-12-8/h5,7H,3-4H2,1-2H3. The van der Waals surface area contributed by atoms with Crippen LogP contribution in [0.2, 0.25) is 0 Å². The van der Waals surface area contributed by atoms with E-state index in [0.717, 1.165) is 13.0 Å². The lowest BCUT2D eigenvalue weighted by molar-refractivity contribution is 0.0811. The first-order valence-electron chi connectivity index (χ1n) is 4.17. The fourth-order valence-electron chi connectivity index (χ4n) is 1.40. The van der Waals surface area contributed by atoms with Gasteiger partial charge in [0.1, 0.15) is 6.10 Å². The number of hydrogen-bond donors (Lipinski definition) is 0. The van der Waals surface area contributed by atoms with Gasteiger partial charge >= 0.3 is 0 Å². The van der Waals surface area contributed by atoms with Crippen LogP contribution in [0.3, 0.4) is 0 Å². The lowest BCUT2D eigenvalue weighted by atomic mass is 10.1. The Hall–Kier alpha value is -0.900. The lowest BCUT2D eigenvalue weighted by Crippen LogP contribution is -1.95. The van der Waals surface area contributed by atoms with E-state index in [1.54, 1.807) is 0 Å². The van der Waals surface area contributed by atoms with Crippen molar-refractivity contribution in [3.05, 3.63) is 11.7 Å². The van der Waals surface area contributed by atoms with Gasteiger partial charge in [-0.3, -0.25) is 0 Å². The highest BCUT2D eigenvalue weighted by atomic mass is 16.5. The van der Waals surface area contributed by atoms with E-state index in [1.165, 1.54) is 0 Å². The minimum absolute atomic E-state index is 0.0289. The Balaban J connectivity index is 2.11. The van der Waals surface area contributed by atoms with Crippen molar-refractivity contribution in [2.24, 2.45) is 5.92 Å². The molecule has 0 aliphatic carbocycles. The largest absolute Gasteiger partial charge is 0.368 e. The molecular formula is C8H12N2O2. The van der Waals surface area contributed by atoms with E-state index in [0.29, 0.717) is 17.6 Å². The minimum atomic E-state index is 0.0289. The van der Waals surface area contributed by atoms with Gasteiger partial charge in [0, 0.05) is 0 Å². The summed E-state index contributed by atoms with van der Waals surface area (Å²) in [5.41, 5.74) is 0. The van der Waals surface area contributed by atoms with Gasteiger partial charge in [-0.2, -0.15) is 4.98 Å². The van der Waals surface area contributed by atoms with Crippen molar-refractivity contribution in [2.75, 3.05) is 6.61 Å². The molecule has 0 aromatic carbocycles. The van der Waals surface area contributed by atoms with Gasteiger partial charge in [-0.05, 0) is 19.3 Å². The summed E-state index contributed by atoms with van der Waals surface area (Å²) in [6, 6.07) is 0. The summed E-state index contributed by atoms with van der Waals surface area (Å²) in [5, 5.41) is 3.72. The Labute approximate surface area is 70.9 Å². The van der Waals surface area contributed by atoms with Gasteiger partial charge in [0.2, 0.25) is 0 Å². The SMILES string of the molecule is Cc1noc(C2CC(C)CO2)n1. The summed E-state index contributed by atoms with van der Waals surface area (Å²) < 4.78 is 10.5. The highest BCUT2D eigenvalue weighted by molar-refractivity contribution is 4.90. The first-order valence-corrected chi connectivity index (χ1v) is 4.17. The van der Waals surface area contributed by atoms with E-state index in [2.05, 4.69) is 17.1 Å². The van der Waals surface area contributed by atoms with Gasteiger partial charge in [-0.25, -0.2) is 0 Å². The van der Waals surface area contributed by atoms with E-state index in [1.807, 2.05) is 6.92 Å². The van der Waals surface area contributed by atoms with Crippen LogP contribution in [0.15, 0.2) is 4.52 Å². The van der Waals surface area contributed by atoms with Crippen molar-refractivity contribution in [1.29, 1.82) is 0 Å². The Kier molecular flexibility index (Phi) is 1.84. The van der Waals surface area contributed by atoms with E-state index in [-0.39, 0.29) is 6.10 Å². The second-order valence-electron chi connectivity index (χ2n) is 3.34. The van der Waals surface area contributed by atoms with E-state index >= 15 is 0 Å². The van der Waals surface area contributed by atoms with Crippen LogP contribution in [0.5, 0.6) is 0 Å². The summed E-state index contributed by atoms with van der Waals surface area (Å²) in [6.07, 6.45) is 1.02. The van der Waals surface area contributed by atoms with Crippen LogP contribution in [0.25, 0.3) is 0 Å². The van der Waals surface area contributed by atoms with Gasteiger partial charge in [0.05, 0.1) is 6.61 Å². The normalized spacial score (nSPS) is 29.5. The van der Waals surface area contributed by atoms with Gasteiger partial charge in [0.15, 0.2) is 5.82 Å². The Morgan fingerprint density at radius 2 is 2.33 bits per heavy atom. The molecule has 4 heteroatoms. The lowest BCUT2D eigenvalue weighted by Gasteiger charge is -2.00. The summed E-state index contributed by atoms with van der Waals surface area (Å²) in [7, 11) is 0. The number of nitrogens with zero attached hydrogens (tertiary/aromatic N) is 2. The van der Waals surface area contributed by atoms with Crippen LogP contribution < -0.4 is 0 Å². The van der Waals surface area contributed by atoms with Crippen LogP contribution in [0.1, 0.15) is 31.2 Å². The summed E-state index contributed by atoms with van der Waals surface area (Å²) in [4.78, 5) is 4.12. The molecule has 2 rings (SSSR count). The number of hydrogen-bond acceptors (Lipinski definition) is 4. The van der Waals surface area contributed by atoms with Crippen LogP contribution in [-0.4, -0.2) is 16.7 Å². The molecule has 2 heterocycles. The zero-order valence-electron chi connectivity index (χ0n) is 7.28. The molecule has 0 N–H and O–H groups in total. The summed E-state index contributed by atoms with van der Waals surface area (Å²) >= 11 is 0. The van der Waals surface area contributed by atoms with Crippen LogP contribution in [-0.2, 0) is 4.74 Å². The third-order valence-electron chi connectivity index (χ3n) is 2.02. The topological polar surface area (TPSA) is 48.2 Å². The first kappa shape index (κ1) is 7.73. The molecule has 66 valence electrons. The first-order chi connectivity index (χ1) is 5.75. The number of rotatable bonds is 1. The van der Waals surface area contributed by atoms with Crippen molar-refractivity contribution < 1.29 is 9.26 Å². The molecule has 2 atom stereocenters. The van der Waals surface area contributed by atoms with Crippen LogP contribution in [0.4, 0.5) is 0 Å². The molecule has 1 aromatic heterocycles. The van der Waals surface area contributed by atoms with Crippen LogP contribution in [0, 0.1) is 12.8 Å². The van der Waals surface area contributed by atoms with E-state index < -0.39 is 0 Å². The van der Waals surface area contributed by atoms with Crippen LogP contribution >= 0.6 is 0 Å². The van der Waals surface area contributed by atoms with Gasteiger partial charge in [-0.1, -0.05) is 12.1 Å². The minimum Gasteiger partial charge on any atom is -0.368 e. The molecule has 0 radical (unpaired) electrons. The Morgan fingerprint density at radius 3 is 2.83 bits per heavy atom. The smallest absolute Gasteiger partial charge is 0.255 e. The van der Waals surface area contributed by atoms with Crippen molar-refractivity contribution in [3.63, 3.8) is 0 Å². The van der Waals surface area contributed by atoms with Gasteiger partial charge in [0.25, 0.3) is 5.89 Å². The molecule has 1 saturated heterocycles. The molecule has 12 heavy (non-hydrogen) atoms. The second-order valence-corrected chi connectivity index (χ2v) is 3.34. The second kappa shape index (κ2) is 2.86. The van der Waals surface area contributed by atoms with Crippen molar-refractivity contribution >= 4 is 0 Å². The molecule has 0 spiro atoms. The quantitative estimate of drug-likeness (QED) is 0.637. The average molecular weight is 168 g/mol. The molecule has 1 aliphatic heterocycles. The monoisotopic (exact) mass is 168 g/mol. The predicted molar refractivity (Wildman–Crippen MR) is 41.5 cm³/mol. The van der Waals surface area contributed by atoms with Gasteiger partial charge < -0.3 is 9.26 Å². The summed E-state index contributed by atoms with van der Waals surface area (Å²) in [6.45, 7) is 4.76. The summed E-state index contributed by atoms with van der Waals surface area (Å²) in [5.74, 6) is 1.90. The molecule has 0 amide bonds. The fourth-order valence-corrected chi connectivity index (χ4v) is 1.40. The highest BCUT2D eigenvalue weighted by Crippen LogP contribution is 2.30. The third kappa shape index (κ3) is 1.34. The molecule has 2 unspecified atom stereocenters. The average Bonchev–Trinajstić information content (AvgIpc) is 2.58. The zero-order valence-corrected chi connectivity index (χ0v) is 7.28. The molecule has 0 bridgehead atoms.